The number of rotatable bonds is 7. The van der Waals surface area contributed by atoms with Crippen LogP contribution in [0, 0.1) is 6.92 Å². The van der Waals surface area contributed by atoms with E-state index in [0.29, 0.717) is 48.4 Å². The number of halogens is 1. The maximum atomic E-state index is 13.0. The molecule has 1 saturated heterocycles. The second kappa shape index (κ2) is 9.37. The number of anilines is 1. The number of likely N-dealkylation sites (tertiary alicyclic amines) is 1. The van der Waals surface area contributed by atoms with Crippen LogP contribution < -0.4 is 10.6 Å². The number of carbonyl (C=O) groups excluding carboxylic acids is 2. The number of fused-ring (bicyclic) bond motifs is 1. The molecule has 0 bridgehead atoms. The molecule has 10 heteroatoms. The molecule has 0 saturated carbocycles. The van der Waals surface area contributed by atoms with Gasteiger partial charge in [0.05, 0.1) is 23.8 Å². The van der Waals surface area contributed by atoms with Gasteiger partial charge >= 0.3 is 0 Å². The van der Waals surface area contributed by atoms with Crippen LogP contribution in [0.15, 0.2) is 24.8 Å². The van der Waals surface area contributed by atoms with Gasteiger partial charge in [-0.1, -0.05) is 39.0 Å². The van der Waals surface area contributed by atoms with Gasteiger partial charge in [0.1, 0.15) is 11.5 Å². The minimum atomic E-state index is -0.187. The van der Waals surface area contributed by atoms with Crippen LogP contribution in [-0.2, 0) is 23.3 Å². The number of H-pyrrole nitrogens is 1. The van der Waals surface area contributed by atoms with Crippen molar-refractivity contribution in [3.05, 3.63) is 52.6 Å². The van der Waals surface area contributed by atoms with Gasteiger partial charge in [-0.05, 0) is 43.0 Å². The van der Waals surface area contributed by atoms with Crippen LogP contribution in [0.2, 0.25) is 5.02 Å². The summed E-state index contributed by atoms with van der Waals surface area (Å²) < 4.78 is 1.91. The van der Waals surface area contributed by atoms with Gasteiger partial charge in [-0.3, -0.25) is 14.7 Å². The molecular weight excluding hydrogens is 466 g/mol. The summed E-state index contributed by atoms with van der Waals surface area (Å²) in [5.41, 5.74) is 2.99. The van der Waals surface area contributed by atoms with Crippen LogP contribution in [0.1, 0.15) is 55.3 Å². The van der Waals surface area contributed by atoms with Crippen molar-refractivity contribution < 1.29 is 9.59 Å². The zero-order valence-electron chi connectivity index (χ0n) is 20.8. The third-order valence-electron chi connectivity index (χ3n) is 6.33. The molecule has 0 spiro atoms. The van der Waals surface area contributed by atoms with E-state index in [2.05, 4.69) is 59.2 Å². The molecule has 1 aliphatic rings. The molecule has 0 unspecified atom stereocenters. The van der Waals surface area contributed by atoms with Gasteiger partial charge in [-0.2, -0.15) is 5.10 Å². The summed E-state index contributed by atoms with van der Waals surface area (Å²) in [7, 11) is 0. The third-order valence-corrected chi connectivity index (χ3v) is 6.64. The Kier molecular flexibility index (Phi) is 6.64. The fourth-order valence-electron chi connectivity index (χ4n) is 4.44. The monoisotopic (exact) mass is 497 g/mol. The van der Waals surface area contributed by atoms with Gasteiger partial charge in [-0.15, -0.1) is 0 Å². The molecule has 3 N–H and O–H groups in total. The molecule has 2 amide bonds. The normalized spacial score (nSPS) is 14.2. The van der Waals surface area contributed by atoms with E-state index in [1.165, 1.54) is 6.08 Å². The zero-order chi connectivity index (χ0) is 25.5. The topological polar surface area (TPSA) is 108 Å². The summed E-state index contributed by atoms with van der Waals surface area (Å²) in [6.07, 6.45) is 1.29. The van der Waals surface area contributed by atoms with Gasteiger partial charge < -0.3 is 20.1 Å². The lowest BCUT2D eigenvalue weighted by molar-refractivity contribution is -0.130. The molecule has 9 nitrogen and oxygen atoms in total. The summed E-state index contributed by atoms with van der Waals surface area (Å²) in [5, 5.41) is 15.5. The van der Waals surface area contributed by atoms with Crippen LogP contribution >= 0.6 is 11.6 Å². The van der Waals surface area contributed by atoms with Gasteiger partial charge in [-0.25, -0.2) is 4.98 Å². The number of hydrogen-bond acceptors (Lipinski definition) is 5. The van der Waals surface area contributed by atoms with E-state index in [0.717, 1.165) is 22.3 Å². The summed E-state index contributed by atoms with van der Waals surface area (Å²) in [6, 6.07) is 3.89. The highest BCUT2D eigenvalue weighted by atomic mass is 35.5. The molecule has 186 valence electrons. The third kappa shape index (κ3) is 4.77. The van der Waals surface area contributed by atoms with E-state index in [9.17, 15) is 9.59 Å². The number of imidazole rings is 1. The average Bonchev–Trinajstić information content (AvgIpc) is 3.31. The maximum absolute atomic E-state index is 13.0. The molecule has 0 aliphatic carbocycles. The predicted molar refractivity (Wildman–Crippen MR) is 138 cm³/mol. The molecule has 1 fully saturated rings. The zero-order valence-corrected chi connectivity index (χ0v) is 21.6. The molecule has 1 aromatic carbocycles. The van der Waals surface area contributed by atoms with Gasteiger partial charge in [0.25, 0.3) is 5.91 Å². The number of aryl methyl sites for hydroxylation is 1. The molecule has 0 atom stereocenters. The molecule has 4 rings (SSSR count). The van der Waals surface area contributed by atoms with Crippen LogP contribution in [0.25, 0.3) is 10.9 Å². The maximum Gasteiger partial charge on any atom is 0.270 e. The average molecular weight is 498 g/mol. The Labute approximate surface area is 209 Å². The van der Waals surface area contributed by atoms with E-state index in [1.807, 2.05) is 24.5 Å². The first kappa shape index (κ1) is 24.8. The first-order chi connectivity index (χ1) is 16.5. The number of aromatic amines is 1. The highest BCUT2D eigenvalue weighted by molar-refractivity contribution is 6.32. The van der Waals surface area contributed by atoms with E-state index < -0.39 is 0 Å². The van der Waals surface area contributed by atoms with Crippen LogP contribution in [0.4, 0.5) is 5.82 Å². The molecule has 2 aromatic heterocycles. The lowest BCUT2D eigenvalue weighted by Gasteiger charge is -2.38. The fraction of sp³-hybridized carbons (Fsp3) is 0.440. The SMILES string of the molecule is C=CC(=O)N1CC(NC(=O)c2c(C)nc(CNc3n[nH]c4cc(Cl)c(C(C)(C)C)cc34)n2CC)C1. The van der Waals surface area contributed by atoms with E-state index in [-0.39, 0.29) is 23.3 Å². The Balaban J connectivity index is 1.51. The molecule has 0 radical (unpaired) electrons. The second-order valence-electron chi connectivity index (χ2n) is 9.88. The first-order valence-corrected chi connectivity index (χ1v) is 12.1. The van der Waals surface area contributed by atoms with Crippen molar-refractivity contribution in [3.8, 4) is 0 Å². The Morgan fingerprint density at radius 2 is 2.03 bits per heavy atom. The van der Waals surface area contributed by atoms with Gasteiger partial charge in [0.2, 0.25) is 5.91 Å². The fourth-order valence-corrected chi connectivity index (χ4v) is 4.88. The molecule has 1 aliphatic heterocycles. The largest absolute Gasteiger partial charge is 0.361 e. The van der Waals surface area contributed by atoms with Crippen molar-refractivity contribution in [1.29, 1.82) is 0 Å². The smallest absolute Gasteiger partial charge is 0.270 e. The predicted octanol–water partition coefficient (Wildman–Crippen LogP) is 3.78. The van der Waals surface area contributed by atoms with Crippen LogP contribution in [0.5, 0.6) is 0 Å². The number of nitrogens with one attached hydrogen (secondary N) is 3. The van der Waals surface area contributed by atoms with E-state index in [4.69, 9.17) is 11.6 Å². The van der Waals surface area contributed by atoms with Crippen LogP contribution in [-0.4, -0.2) is 55.6 Å². The minimum Gasteiger partial charge on any atom is -0.361 e. The van der Waals surface area contributed by atoms with Crippen LogP contribution in [0.3, 0.4) is 0 Å². The van der Waals surface area contributed by atoms with Crippen molar-refractivity contribution in [3.63, 3.8) is 0 Å². The highest BCUT2D eigenvalue weighted by Gasteiger charge is 2.32. The Morgan fingerprint density at radius 1 is 1.31 bits per heavy atom. The van der Waals surface area contributed by atoms with E-state index >= 15 is 0 Å². The Morgan fingerprint density at radius 3 is 2.66 bits per heavy atom. The second-order valence-corrected chi connectivity index (χ2v) is 10.3. The number of hydrogen-bond donors (Lipinski definition) is 3. The lowest BCUT2D eigenvalue weighted by Crippen LogP contribution is -2.60. The lowest BCUT2D eigenvalue weighted by atomic mass is 9.86. The van der Waals surface area contributed by atoms with Gasteiger partial charge in [0, 0.05) is 30.0 Å². The van der Waals surface area contributed by atoms with Crippen molar-refractivity contribution >= 4 is 40.1 Å². The highest BCUT2D eigenvalue weighted by Crippen LogP contribution is 2.34. The van der Waals surface area contributed by atoms with Crippen molar-refractivity contribution in [2.75, 3.05) is 18.4 Å². The summed E-state index contributed by atoms with van der Waals surface area (Å²) in [6.45, 7) is 15.7. The van der Waals surface area contributed by atoms with Crippen molar-refractivity contribution in [1.82, 2.24) is 30.0 Å². The van der Waals surface area contributed by atoms with Crippen molar-refractivity contribution in [2.24, 2.45) is 0 Å². The minimum absolute atomic E-state index is 0.0770. The summed E-state index contributed by atoms with van der Waals surface area (Å²) in [4.78, 5) is 31.0. The summed E-state index contributed by atoms with van der Waals surface area (Å²) in [5.74, 6) is 1.14. The number of aromatic nitrogens is 4. The quantitative estimate of drug-likeness (QED) is 0.430. The van der Waals surface area contributed by atoms with E-state index in [1.54, 1.807) is 4.90 Å². The molecule has 3 heterocycles. The summed E-state index contributed by atoms with van der Waals surface area (Å²) >= 11 is 6.50. The molecule has 35 heavy (non-hydrogen) atoms. The standard InChI is InChI=1S/C25H32ClN7O2/c1-7-21(34)32-12-15(13-32)29-24(35)22-14(3)28-20(33(22)8-2)11-27-23-16-9-17(25(4,5)6)18(26)10-19(16)30-31-23/h7,9-10,15H,1,8,11-13H2,2-6H3,(H,29,35)(H2,27,30,31). The van der Waals surface area contributed by atoms with Gasteiger partial charge in [0.15, 0.2) is 5.82 Å². The Bertz CT molecular complexity index is 1300. The number of carbonyl (C=O) groups is 2. The molecule has 3 aromatic rings. The number of amides is 2. The number of benzene rings is 1. The Hall–Kier alpha value is -3.33. The molecular formula is C25H32ClN7O2. The first-order valence-electron chi connectivity index (χ1n) is 11.7. The van der Waals surface area contributed by atoms with Crippen molar-refractivity contribution in [2.45, 2.75) is 59.2 Å². The number of nitrogens with zero attached hydrogens (tertiary/aromatic N) is 4.